The van der Waals surface area contributed by atoms with Crippen molar-refractivity contribution in [3.05, 3.63) is 25.3 Å². The van der Waals surface area contributed by atoms with Crippen molar-refractivity contribution in [2.24, 2.45) is 0 Å². The van der Waals surface area contributed by atoms with Crippen LogP contribution in [0, 0.1) is 0 Å². The molecule has 1 heterocycles. The Labute approximate surface area is 58.8 Å². The highest BCUT2D eigenvalue weighted by Gasteiger charge is 2.26. The maximum atomic E-state index is 3.82. The predicted molar refractivity (Wildman–Crippen MR) is 45.5 cm³/mol. The van der Waals surface area contributed by atoms with E-state index in [1.165, 1.54) is 19.0 Å². The quantitative estimate of drug-likeness (QED) is 0.408. The molecule has 1 rings (SSSR count). The summed E-state index contributed by atoms with van der Waals surface area (Å²) in [7, 11) is 1.03. The van der Waals surface area contributed by atoms with Gasteiger partial charge in [-0.3, -0.25) is 0 Å². The summed E-state index contributed by atoms with van der Waals surface area (Å²) in [5, 5.41) is 0.333. The van der Waals surface area contributed by atoms with Gasteiger partial charge in [0.15, 0.2) is 0 Å². The Morgan fingerprint density at radius 1 is 1.33 bits per heavy atom. The Balaban J connectivity index is 2.66. The van der Waals surface area contributed by atoms with E-state index in [9.17, 15) is 0 Å². The van der Waals surface area contributed by atoms with Crippen LogP contribution in [0.15, 0.2) is 25.3 Å². The third-order valence-electron chi connectivity index (χ3n) is 1.95. The summed E-state index contributed by atoms with van der Waals surface area (Å²) in [5.74, 6) is 0. The second-order valence-electron chi connectivity index (χ2n) is 2.48. The highest BCUT2D eigenvalue weighted by molar-refractivity contribution is 7.41. The van der Waals surface area contributed by atoms with Gasteiger partial charge < -0.3 is 0 Å². The minimum atomic E-state index is 0.333. The van der Waals surface area contributed by atoms with Crippen molar-refractivity contribution < 1.29 is 0 Å². The molecule has 0 amide bonds. The lowest BCUT2D eigenvalue weighted by atomic mass is 10.0. The van der Waals surface area contributed by atoms with E-state index in [1.54, 1.807) is 0 Å². The average molecular weight is 140 g/mol. The first-order chi connectivity index (χ1) is 4.33. The lowest BCUT2D eigenvalue weighted by Gasteiger charge is -2.17. The van der Waals surface area contributed by atoms with E-state index in [0.29, 0.717) is 5.16 Å². The molecule has 1 aliphatic rings. The number of hydrogen-bond donors (Lipinski definition) is 0. The van der Waals surface area contributed by atoms with Crippen LogP contribution in [-0.4, -0.2) is 11.3 Å². The number of rotatable bonds is 2. The highest BCUT2D eigenvalue weighted by Crippen LogP contribution is 2.45. The molecule has 0 aromatic heterocycles. The third kappa shape index (κ3) is 1.24. The first-order valence-corrected chi connectivity index (χ1v) is 4.56. The van der Waals surface area contributed by atoms with Crippen LogP contribution in [0.5, 0.6) is 0 Å². The van der Waals surface area contributed by atoms with Crippen LogP contribution in [0.4, 0.5) is 0 Å². The molecule has 0 aromatic carbocycles. The van der Waals surface area contributed by atoms with E-state index in [1.807, 2.05) is 0 Å². The van der Waals surface area contributed by atoms with E-state index in [-0.39, 0.29) is 0 Å². The minimum absolute atomic E-state index is 0.333. The van der Waals surface area contributed by atoms with E-state index in [4.69, 9.17) is 0 Å². The van der Waals surface area contributed by atoms with Crippen LogP contribution in [0.2, 0.25) is 0 Å². The van der Waals surface area contributed by atoms with Gasteiger partial charge in [0.05, 0.1) is 0 Å². The Morgan fingerprint density at radius 3 is 2.22 bits per heavy atom. The monoisotopic (exact) mass is 140 g/mol. The third-order valence-corrected chi connectivity index (χ3v) is 3.87. The van der Waals surface area contributed by atoms with Crippen LogP contribution in [-0.2, 0) is 0 Å². The molecule has 9 heavy (non-hydrogen) atoms. The Kier molecular flexibility index (Phi) is 2.08. The smallest absolute Gasteiger partial charge is 0.0228 e. The molecule has 0 saturated carbocycles. The fraction of sp³-hybridized carbons (Fsp3) is 0.500. The molecule has 0 spiro atoms. The Hall–Kier alpha value is -0.0900. The van der Waals surface area contributed by atoms with Gasteiger partial charge in [0.1, 0.15) is 0 Å². The van der Waals surface area contributed by atoms with Crippen molar-refractivity contribution in [3.63, 3.8) is 0 Å². The summed E-state index contributed by atoms with van der Waals surface area (Å²) < 4.78 is 0. The van der Waals surface area contributed by atoms with Gasteiger partial charge in [-0.05, 0) is 19.0 Å². The minimum Gasteiger partial charge on any atom is -0.108 e. The summed E-state index contributed by atoms with van der Waals surface area (Å²) in [6, 6.07) is 0. The summed E-state index contributed by atoms with van der Waals surface area (Å²) in [5.41, 5.74) is 0. The van der Waals surface area contributed by atoms with E-state index in [0.717, 1.165) is 8.58 Å². The van der Waals surface area contributed by atoms with Gasteiger partial charge in [0, 0.05) is 5.16 Å². The van der Waals surface area contributed by atoms with Gasteiger partial charge in [0.2, 0.25) is 0 Å². The maximum absolute atomic E-state index is 3.82. The molecule has 50 valence electrons. The Morgan fingerprint density at radius 2 is 2.00 bits per heavy atom. The van der Waals surface area contributed by atoms with Crippen molar-refractivity contribution in [2.45, 2.75) is 18.0 Å². The molecular formula is C8H13P. The van der Waals surface area contributed by atoms with Crippen LogP contribution < -0.4 is 0 Å². The van der Waals surface area contributed by atoms with Crippen molar-refractivity contribution >= 4 is 8.58 Å². The second kappa shape index (κ2) is 2.66. The lowest BCUT2D eigenvalue weighted by Crippen LogP contribution is -2.09. The van der Waals surface area contributed by atoms with Crippen molar-refractivity contribution in [1.82, 2.24) is 0 Å². The summed E-state index contributed by atoms with van der Waals surface area (Å²) >= 11 is 0. The van der Waals surface area contributed by atoms with E-state index in [2.05, 4.69) is 25.3 Å². The average Bonchev–Trinajstić information content (AvgIpc) is 2.36. The van der Waals surface area contributed by atoms with Gasteiger partial charge >= 0.3 is 0 Å². The first-order valence-electron chi connectivity index (χ1n) is 3.35. The lowest BCUT2D eigenvalue weighted by molar-refractivity contribution is 0.781. The normalized spacial score (nSPS) is 26.2. The zero-order valence-electron chi connectivity index (χ0n) is 5.69. The molecular weight excluding hydrogens is 127 g/mol. The van der Waals surface area contributed by atoms with E-state index < -0.39 is 0 Å². The van der Waals surface area contributed by atoms with Gasteiger partial charge in [-0.1, -0.05) is 12.2 Å². The molecule has 1 aliphatic heterocycles. The van der Waals surface area contributed by atoms with Crippen molar-refractivity contribution in [2.75, 3.05) is 6.16 Å². The van der Waals surface area contributed by atoms with E-state index >= 15 is 0 Å². The molecule has 1 saturated heterocycles. The van der Waals surface area contributed by atoms with Crippen molar-refractivity contribution in [1.29, 1.82) is 0 Å². The van der Waals surface area contributed by atoms with Gasteiger partial charge in [-0.2, -0.15) is 0 Å². The second-order valence-corrected chi connectivity index (χ2v) is 4.26. The molecule has 0 aromatic rings. The van der Waals surface area contributed by atoms with Crippen LogP contribution in [0.3, 0.4) is 0 Å². The maximum Gasteiger partial charge on any atom is 0.0228 e. The highest BCUT2D eigenvalue weighted by atomic mass is 31.1. The fourth-order valence-electron chi connectivity index (χ4n) is 1.22. The summed E-state index contributed by atoms with van der Waals surface area (Å²) in [6.45, 7) is 7.64. The summed E-state index contributed by atoms with van der Waals surface area (Å²) in [6.07, 6.45) is 8.13. The van der Waals surface area contributed by atoms with Gasteiger partial charge in [0.25, 0.3) is 0 Å². The zero-order valence-corrected chi connectivity index (χ0v) is 6.69. The number of allylic oxidation sites excluding steroid dienone is 2. The standard InChI is InChI=1S/C8H13P/c1-3-8(4-2)6-5-7-9-8/h3-4,9H,1-2,5-7H2. The molecule has 0 radical (unpaired) electrons. The topological polar surface area (TPSA) is 0 Å². The van der Waals surface area contributed by atoms with Crippen LogP contribution in [0.1, 0.15) is 12.8 Å². The SMILES string of the molecule is C=CC1(C=C)CCCP1. The fourth-order valence-corrected chi connectivity index (χ4v) is 2.68. The van der Waals surface area contributed by atoms with Gasteiger partial charge in [-0.25, -0.2) is 0 Å². The number of hydrogen-bond acceptors (Lipinski definition) is 0. The summed E-state index contributed by atoms with van der Waals surface area (Å²) in [4.78, 5) is 0. The molecule has 0 N–H and O–H groups in total. The molecule has 1 unspecified atom stereocenters. The van der Waals surface area contributed by atoms with Crippen LogP contribution >= 0.6 is 8.58 Å². The molecule has 1 atom stereocenters. The largest absolute Gasteiger partial charge is 0.108 e. The molecule has 1 heteroatoms. The predicted octanol–water partition coefficient (Wildman–Crippen LogP) is 2.57. The Bertz CT molecular complexity index is 111. The molecule has 1 fully saturated rings. The molecule has 0 nitrogen and oxygen atoms in total. The first kappa shape index (κ1) is 7.02. The zero-order chi connectivity index (χ0) is 6.74. The molecule has 0 bridgehead atoms. The van der Waals surface area contributed by atoms with Crippen LogP contribution in [0.25, 0.3) is 0 Å². The molecule has 0 aliphatic carbocycles. The van der Waals surface area contributed by atoms with Crippen molar-refractivity contribution in [3.8, 4) is 0 Å². The van der Waals surface area contributed by atoms with Gasteiger partial charge in [-0.15, -0.1) is 21.7 Å².